The third kappa shape index (κ3) is 5.19. The average Bonchev–Trinajstić information content (AvgIpc) is 2.82. The Bertz CT molecular complexity index is 396. The maximum Gasteiger partial charge on any atom is 0.164 e. The molecule has 0 spiro atoms. The third-order valence-electron chi connectivity index (χ3n) is 3.72. The summed E-state index contributed by atoms with van der Waals surface area (Å²) in [5.74, 6) is 1.49. The van der Waals surface area contributed by atoms with Gasteiger partial charge in [0.05, 0.1) is 25.4 Å². The molecule has 1 heterocycles. The normalized spacial score (nSPS) is 24.8. The van der Waals surface area contributed by atoms with E-state index >= 15 is 0 Å². The quantitative estimate of drug-likeness (QED) is 0.776. The number of rotatable bonds is 7. The van der Waals surface area contributed by atoms with Crippen molar-refractivity contribution in [3.05, 3.63) is 12.2 Å². The summed E-state index contributed by atoms with van der Waals surface area (Å²) in [4.78, 5) is 4.12. The molecule has 0 aromatic carbocycles. The third-order valence-corrected chi connectivity index (χ3v) is 3.72. The maximum atomic E-state index is 9.90. The van der Waals surface area contributed by atoms with Crippen molar-refractivity contribution in [3.63, 3.8) is 0 Å². The van der Waals surface area contributed by atoms with Crippen molar-refractivity contribution in [3.8, 4) is 0 Å². The standard InChI is InChI=1S/C14H26N4O2/c1-11-4-3-5-13(6-11)20-9-12(19)7-15-8-14-16-10-18(2)17-14/h10-13,15,19H,3-9H2,1-2H3. The van der Waals surface area contributed by atoms with E-state index < -0.39 is 6.10 Å². The fourth-order valence-electron chi connectivity index (χ4n) is 2.65. The summed E-state index contributed by atoms with van der Waals surface area (Å²) >= 11 is 0. The summed E-state index contributed by atoms with van der Waals surface area (Å²) in [6.45, 7) is 3.74. The van der Waals surface area contributed by atoms with Gasteiger partial charge in [-0.15, -0.1) is 0 Å². The van der Waals surface area contributed by atoms with E-state index in [2.05, 4.69) is 22.3 Å². The van der Waals surface area contributed by atoms with E-state index in [-0.39, 0.29) is 0 Å². The van der Waals surface area contributed by atoms with Gasteiger partial charge >= 0.3 is 0 Å². The van der Waals surface area contributed by atoms with Gasteiger partial charge in [0.15, 0.2) is 5.82 Å². The van der Waals surface area contributed by atoms with Crippen LogP contribution in [0.1, 0.15) is 38.4 Å². The molecule has 20 heavy (non-hydrogen) atoms. The van der Waals surface area contributed by atoms with Crippen LogP contribution in [-0.2, 0) is 18.3 Å². The lowest BCUT2D eigenvalue weighted by Crippen LogP contribution is -2.33. The Morgan fingerprint density at radius 2 is 2.40 bits per heavy atom. The van der Waals surface area contributed by atoms with E-state index in [1.165, 1.54) is 12.8 Å². The number of hydrogen-bond donors (Lipinski definition) is 2. The van der Waals surface area contributed by atoms with Gasteiger partial charge in [0.2, 0.25) is 0 Å². The van der Waals surface area contributed by atoms with Crippen molar-refractivity contribution in [1.82, 2.24) is 20.1 Å². The summed E-state index contributed by atoms with van der Waals surface area (Å²) < 4.78 is 7.46. The fourth-order valence-corrected chi connectivity index (χ4v) is 2.65. The summed E-state index contributed by atoms with van der Waals surface area (Å²) in [6, 6.07) is 0. The highest BCUT2D eigenvalue weighted by atomic mass is 16.5. The Balaban J connectivity index is 1.57. The predicted molar refractivity (Wildman–Crippen MR) is 76.1 cm³/mol. The van der Waals surface area contributed by atoms with Crippen LogP contribution < -0.4 is 5.32 Å². The zero-order chi connectivity index (χ0) is 14.4. The van der Waals surface area contributed by atoms with E-state index in [1.807, 2.05) is 7.05 Å². The van der Waals surface area contributed by atoms with Crippen LogP contribution in [0.4, 0.5) is 0 Å². The zero-order valence-electron chi connectivity index (χ0n) is 12.5. The van der Waals surface area contributed by atoms with Gasteiger partial charge in [-0.25, -0.2) is 4.98 Å². The van der Waals surface area contributed by atoms with Crippen molar-refractivity contribution >= 4 is 0 Å². The molecule has 1 aromatic heterocycles. The largest absolute Gasteiger partial charge is 0.389 e. The molecule has 6 heteroatoms. The van der Waals surface area contributed by atoms with E-state index in [0.29, 0.717) is 25.8 Å². The Hall–Kier alpha value is -0.980. The predicted octanol–water partition coefficient (Wildman–Crippen LogP) is 0.861. The Labute approximate surface area is 120 Å². The molecule has 1 aliphatic rings. The Morgan fingerprint density at radius 1 is 1.55 bits per heavy atom. The van der Waals surface area contributed by atoms with Crippen LogP contribution in [0, 0.1) is 5.92 Å². The number of aromatic nitrogens is 3. The topological polar surface area (TPSA) is 72.2 Å². The molecule has 0 radical (unpaired) electrons. The number of hydrogen-bond acceptors (Lipinski definition) is 5. The molecule has 1 aliphatic carbocycles. The molecule has 0 amide bonds. The SMILES string of the molecule is CC1CCCC(OCC(O)CNCc2ncn(C)n2)C1. The molecule has 0 saturated heterocycles. The molecule has 114 valence electrons. The minimum absolute atomic E-state index is 0.325. The number of aliphatic hydroxyl groups is 1. The molecule has 1 aromatic rings. The van der Waals surface area contributed by atoms with Gasteiger partial charge in [-0.3, -0.25) is 4.68 Å². The molecule has 3 atom stereocenters. The second kappa shape index (κ2) is 7.71. The van der Waals surface area contributed by atoms with Crippen LogP contribution in [0.25, 0.3) is 0 Å². The minimum Gasteiger partial charge on any atom is -0.389 e. The molecule has 0 bridgehead atoms. The van der Waals surface area contributed by atoms with Crippen molar-refractivity contribution in [2.45, 2.75) is 51.4 Å². The van der Waals surface area contributed by atoms with Crippen LogP contribution in [0.15, 0.2) is 6.33 Å². The molecule has 0 aliphatic heterocycles. The van der Waals surface area contributed by atoms with Gasteiger partial charge in [0.1, 0.15) is 6.33 Å². The maximum absolute atomic E-state index is 9.90. The second-order valence-electron chi connectivity index (χ2n) is 5.85. The average molecular weight is 282 g/mol. The van der Waals surface area contributed by atoms with Crippen LogP contribution in [0.2, 0.25) is 0 Å². The van der Waals surface area contributed by atoms with Crippen LogP contribution >= 0.6 is 0 Å². The number of nitrogens with one attached hydrogen (secondary N) is 1. The Kier molecular flexibility index (Phi) is 5.94. The second-order valence-corrected chi connectivity index (χ2v) is 5.85. The van der Waals surface area contributed by atoms with E-state index in [1.54, 1.807) is 11.0 Å². The first-order valence-corrected chi connectivity index (χ1v) is 7.48. The van der Waals surface area contributed by atoms with Crippen molar-refractivity contribution in [2.75, 3.05) is 13.2 Å². The lowest BCUT2D eigenvalue weighted by atomic mass is 9.89. The van der Waals surface area contributed by atoms with Crippen molar-refractivity contribution in [2.24, 2.45) is 13.0 Å². The van der Waals surface area contributed by atoms with Crippen LogP contribution in [0.5, 0.6) is 0 Å². The molecule has 6 nitrogen and oxygen atoms in total. The van der Waals surface area contributed by atoms with E-state index in [4.69, 9.17) is 4.74 Å². The molecule has 3 unspecified atom stereocenters. The van der Waals surface area contributed by atoms with E-state index in [9.17, 15) is 5.11 Å². The molecule has 2 N–H and O–H groups in total. The molecule has 1 saturated carbocycles. The highest BCUT2D eigenvalue weighted by molar-refractivity contribution is 4.80. The van der Waals surface area contributed by atoms with Gasteiger partial charge in [-0.05, 0) is 18.8 Å². The van der Waals surface area contributed by atoms with Gasteiger partial charge in [0.25, 0.3) is 0 Å². The van der Waals surface area contributed by atoms with Gasteiger partial charge in [-0.2, -0.15) is 5.10 Å². The van der Waals surface area contributed by atoms with Gasteiger partial charge in [0, 0.05) is 13.6 Å². The molecule has 2 rings (SSSR count). The highest BCUT2D eigenvalue weighted by Gasteiger charge is 2.20. The zero-order valence-corrected chi connectivity index (χ0v) is 12.5. The lowest BCUT2D eigenvalue weighted by Gasteiger charge is -2.27. The number of nitrogens with zero attached hydrogens (tertiary/aromatic N) is 3. The number of ether oxygens (including phenoxy) is 1. The molecular formula is C14H26N4O2. The van der Waals surface area contributed by atoms with Crippen LogP contribution in [-0.4, -0.2) is 45.2 Å². The van der Waals surface area contributed by atoms with Crippen molar-refractivity contribution < 1.29 is 9.84 Å². The lowest BCUT2D eigenvalue weighted by molar-refractivity contribution is -0.0307. The first-order chi connectivity index (χ1) is 9.63. The first kappa shape index (κ1) is 15.4. The number of aryl methyl sites for hydroxylation is 1. The summed E-state index contributed by atoms with van der Waals surface area (Å²) in [6.07, 6.45) is 6.31. The smallest absolute Gasteiger partial charge is 0.164 e. The monoisotopic (exact) mass is 282 g/mol. The fraction of sp³-hybridized carbons (Fsp3) is 0.857. The Morgan fingerprint density at radius 3 is 3.10 bits per heavy atom. The minimum atomic E-state index is -0.476. The summed E-state index contributed by atoms with van der Waals surface area (Å²) in [5, 5.41) is 17.2. The van der Waals surface area contributed by atoms with Crippen LogP contribution in [0.3, 0.4) is 0 Å². The molecule has 1 fully saturated rings. The van der Waals surface area contributed by atoms with Gasteiger partial charge < -0.3 is 15.2 Å². The number of aliphatic hydroxyl groups excluding tert-OH is 1. The van der Waals surface area contributed by atoms with Gasteiger partial charge in [-0.1, -0.05) is 19.8 Å². The first-order valence-electron chi connectivity index (χ1n) is 7.48. The van der Waals surface area contributed by atoms with Crippen molar-refractivity contribution in [1.29, 1.82) is 0 Å². The highest BCUT2D eigenvalue weighted by Crippen LogP contribution is 2.25. The summed E-state index contributed by atoms with van der Waals surface area (Å²) in [5.41, 5.74) is 0. The molecular weight excluding hydrogens is 256 g/mol. The van der Waals surface area contributed by atoms with E-state index in [0.717, 1.165) is 24.6 Å². The summed E-state index contributed by atoms with van der Waals surface area (Å²) in [7, 11) is 1.84.